The number of nitrogens with two attached hydrogens (primary N) is 1. The zero-order valence-electron chi connectivity index (χ0n) is 11.9. The molecule has 1 atom stereocenters. The van der Waals surface area contributed by atoms with E-state index in [1.54, 1.807) is 0 Å². The lowest BCUT2D eigenvalue weighted by atomic mass is 9.92. The molecule has 124 valence electrons. The molecule has 1 rings (SSSR count). The van der Waals surface area contributed by atoms with Crippen LogP contribution < -0.4 is 10.5 Å². The summed E-state index contributed by atoms with van der Waals surface area (Å²) in [6.07, 6.45) is -4.67. The Morgan fingerprint density at radius 3 is 2.45 bits per heavy atom. The molecule has 0 aromatic heterocycles. The lowest BCUT2D eigenvalue weighted by molar-refractivity contribution is -0.138. The van der Waals surface area contributed by atoms with Crippen LogP contribution in [-0.2, 0) is 21.0 Å². The second-order valence-electron chi connectivity index (χ2n) is 4.91. The standard InChI is InChI=1S/C13H17F3N2O3S/c1-9(8-12(19)18-6-7-22(17,20)21)10-4-2-3-5-11(10)13(14,15)16/h2-5,9H,6-8H2,1H3,(H,18,19)(H2,17,20,21). The molecular weight excluding hydrogens is 321 g/mol. The number of halogens is 3. The quantitative estimate of drug-likeness (QED) is 0.826. The highest BCUT2D eigenvalue weighted by atomic mass is 32.2. The van der Waals surface area contributed by atoms with Gasteiger partial charge in [-0.25, -0.2) is 13.6 Å². The largest absolute Gasteiger partial charge is 0.416 e. The molecule has 0 aliphatic rings. The van der Waals surface area contributed by atoms with E-state index >= 15 is 0 Å². The Bertz CT molecular complexity index is 630. The zero-order chi connectivity index (χ0) is 17.0. The van der Waals surface area contributed by atoms with Crippen LogP contribution in [0.15, 0.2) is 24.3 Å². The number of primary sulfonamides is 1. The number of carbonyl (C=O) groups excluding carboxylic acids is 1. The van der Waals surface area contributed by atoms with Gasteiger partial charge in [-0.3, -0.25) is 4.79 Å². The molecular formula is C13H17F3N2O3S. The van der Waals surface area contributed by atoms with Crippen LogP contribution in [-0.4, -0.2) is 26.6 Å². The van der Waals surface area contributed by atoms with Crippen molar-refractivity contribution in [2.45, 2.75) is 25.4 Å². The monoisotopic (exact) mass is 338 g/mol. The van der Waals surface area contributed by atoms with Gasteiger partial charge in [-0.2, -0.15) is 13.2 Å². The van der Waals surface area contributed by atoms with Crippen molar-refractivity contribution in [2.75, 3.05) is 12.3 Å². The van der Waals surface area contributed by atoms with Gasteiger partial charge in [-0.05, 0) is 17.5 Å². The first kappa shape index (κ1) is 18.4. The Morgan fingerprint density at radius 1 is 1.32 bits per heavy atom. The summed E-state index contributed by atoms with van der Waals surface area (Å²) >= 11 is 0. The van der Waals surface area contributed by atoms with Crippen LogP contribution in [0.3, 0.4) is 0 Å². The topological polar surface area (TPSA) is 89.3 Å². The SMILES string of the molecule is CC(CC(=O)NCCS(N)(=O)=O)c1ccccc1C(F)(F)F. The minimum Gasteiger partial charge on any atom is -0.355 e. The average Bonchev–Trinajstić information content (AvgIpc) is 2.36. The molecule has 0 heterocycles. The molecule has 0 aliphatic carbocycles. The Kier molecular flexibility index (Phi) is 5.95. The lowest BCUT2D eigenvalue weighted by Gasteiger charge is -2.18. The average molecular weight is 338 g/mol. The Hall–Kier alpha value is -1.61. The summed E-state index contributed by atoms with van der Waals surface area (Å²) < 4.78 is 60.1. The fourth-order valence-corrected chi connectivity index (χ4v) is 2.36. The van der Waals surface area contributed by atoms with E-state index in [-0.39, 0.29) is 18.5 Å². The van der Waals surface area contributed by atoms with Gasteiger partial charge in [0.25, 0.3) is 0 Å². The van der Waals surface area contributed by atoms with Crippen molar-refractivity contribution in [2.24, 2.45) is 5.14 Å². The number of rotatable bonds is 6. The second kappa shape index (κ2) is 7.10. The molecule has 0 aliphatic heterocycles. The highest BCUT2D eigenvalue weighted by Gasteiger charge is 2.34. The predicted octanol–water partition coefficient (Wildman–Crippen LogP) is 1.60. The van der Waals surface area contributed by atoms with Crippen LogP contribution in [0.25, 0.3) is 0 Å². The third-order valence-corrected chi connectivity index (χ3v) is 3.77. The number of alkyl halides is 3. The van der Waals surface area contributed by atoms with Gasteiger partial charge in [0, 0.05) is 13.0 Å². The maximum atomic E-state index is 12.9. The first-order chi connectivity index (χ1) is 10.0. The van der Waals surface area contributed by atoms with Crippen molar-refractivity contribution >= 4 is 15.9 Å². The molecule has 0 saturated carbocycles. The van der Waals surface area contributed by atoms with Gasteiger partial charge >= 0.3 is 6.18 Å². The van der Waals surface area contributed by atoms with Gasteiger partial charge in [0.05, 0.1) is 11.3 Å². The summed E-state index contributed by atoms with van der Waals surface area (Å²) in [5.74, 6) is -1.62. The van der Waals surface area contributed by atoms with E-state index in [2.05, 4.69) is 5.32 Å². The number of amides is 1. The number of benzene rings is 1. The first-order valence-corrected chi connectivity index (χ1v) is 8.15. The van der Waals surface area contributed by atoms with Crippen molar-refractivity contribution in [3.63, 3.8) is 0 Å². The van der Waals surface area contributed by atoms with E-state index in [1.165, 1.54) is 25.1 Å². The van der Waals surface area contributed by atoms with Gasteiger partial charge in [0.1, 0.15) is 0 Å². The Balaban J connectivity index is 2.70. The molecule has 0 radical (unpaired) electrons. The van der Waals surface area contributed by atoms with Crippen molar-refractivity contribution in [1.29, 1.82) is 0 Å². The maximum Gasteiger partial charge on any atom is 0.416 e. The van der Waals surface area contributed by atoms with Crippen LogP contribution in [0.5, 0.6) is 0 Å². The predicted molar refractivity (Wildman–Crippen MR) is 75.5 cm³/mol. The minimum absolute atomic E-state index is 0.0246. The third-order valence-electron chi connectivity index (χ3n) is 3.00. The van der Waals surface area contributed by atoms with E-state index in [0.29, 0.717) is 0 Å². The van der Waals surface area contributed by atoms with Crippen molar-refractivity contribution in [3.05, 3.63) is 35.4 Å². The molecule has 0 spiro atoms. The third kappa shape index (κ3) is 6.02. The molecule has 0 bridgehead atoms. The summed E-state index contributed by atoms with van der Waals surface area (Å²) in [4.78, 5) is 11.6. The fraction of sp³-hybridized carbons (Fsp3) is 0.462. The van der Waals surface area contributed by atoms with Crippen LogP contribution >= 0.6 is 0 Å². The molecule has 1 amide bonds. The maximum absolute atomic E-state index is 12.9. The lowest BCUT2D eigenvalue weighted by Crippen LogP contribution is -2.32. The van der Waals surface area contributed by atoms with Gasteiger partial charge in [0.2, 0.25) is 15.9 Å². The minimum atomic E-state index is -4.49. The van der Waals surface area contributed by atoms with Gasteiger partial charge in [-0.15, -0.1) is 0 Å². The van der Waals surface area contributed by atoms with E-state index in [1.807, 2.05) is 0 Å². The summed E-state index contributed by atoms with van der Waals surface area (Å²) in [6.45, 7) is 1.33. The summed E-state index contributed by atoms with van der Waals surface area (Å²) in [5, 5.41) is 7.10. The molecule has 0 saturated heterocycles. The van der Waals surface area contributed by atoms with Crippen LogP contribution in [0, 0.1) is 0 Å². The van der Waals surface area contributed by atoms with Gasteiger partial charge in [0.15, 0.2) is 0 Å². The zero-order valence-corrected chi connectivity index (χ0v) is 12.7. The molecule has 3 N–H and O–H groups in total. The molecule has 1 aromatic rings. The normalized spacial score (nSPS) is 13.7. The fourth-order valence-electron chi connectivity index (χ4n) is 1.98. The van der Waals surface area contributed by atoms with E-state index in [4.69, 9.17) is 5.14 Å². The molecule has 22 heavy (non-hydrogen) atoms. The number of hydrogen-bond donors (Lipinski definition) is 2. The summed E-state index contributed by atoms with van der Waals surface area (Å²) in [7, 11) is -3.69. The highest BCUT2D eigenvalue weighted by molar-refractivity contribution is 7.89. The second-order valence-corrected chi connectivity index (χ2v) is 6.64. The smallest absolute Gasteiger partial charge is 0.355 e. The number of nitrogens with one attached hydrogen (secondary N) is 1. The van der Waals surface area contributed by atoms with E-state index in [0.717, 1.165) is 6.07 Å². The van der Waals surface area contributed by atoms with Crippen LogP contribution in [0.1, 0.15) is 30.4 Å². The van der Waals surface area contributed by atoms with Crippen molar-refractivity contribution in [1.82, 2.24) is 5.32 Å². The first-order valence-electron chi connectivity index (χ1n) is 6.44. The molecule has 5 nitrogen and oxygen atoms in total. The van der Waals surface area contributed by atoms with E-state index in [9.17, 15) is 26.4 Å². The summed E-state index contributed by atoms with van der Waals surface area (Å²) in [6, 6.07) is 5.04. The molecule has 0 fully saturated rings. The number of hydrogen-bond acceptors (Lipinski definition) is 3. The molecule has 9 heteroatoms. The van der Waals surface area contributed by atoms with Gasteiger partial charge in [-0.1, -0.05) is 25.1 Å². The number of sulfonamides is 1. The molecule has 1 aromatic carbocycles. The van der Waals surface area contributed by atoms with Crippen molar-refractivity contribution in [3.8, 4) is 0 Å². The Morgan fingerprint density at radius 2 is 1.91 bits per heavy atom. The van der Waals surface area contributed by atoms with E-state index < -0.39 is 39.3 Å². The van der Waals surface area contributed by atoms with Gasteiger partial charge < -0.3 is 5.32 Å². The highest BCUT2D eigenvalue weighted by Crippen LogP contribution is 2.35. The van der Waals surface area contributed by atoms with Crippen molar-refractivity contribution < 1.29 is 26.4 Å². The Labute approximate surface area is 126 Å². The summed E-state index contributed by atoms with van der Waals surface area (Å²) in [5.41, 5.74) is -0.753. The molecule has 1 unspecified atom stereocenters. The van der Waals surface area contributed by atoms with Crippen LogP contribution in [0.2, 0.25) is 0 Å². The number of carbonyl (C=O) groups is 1. The van der Waals surface area contributed by atoms with Crippen LogP contribution in [0.4, 0.5) is 13.2 Å².